The maximum absolute atomic E-state index is 4.55. The molecule has 2 aromatic carbocycles. The van der Waals surface area contributed by atoms with Gasteiger partial charge in [-0.25, -0.2) is 0 Å². The van der Waals surface area contributed by atoms with Gasteiger partial charge < -0.3 is 4.90 Å². The Bertz CT molecular complexity index is 566. The molecular weight excluding hydrogens is 244 g/mol. The molecule has 104 valence electrons. The first-order valence-corrected chi connectivity index (χ1v) is 7.19. The van der Waals surface area contributed by atoms with Gasteiger partial charge in [0.15, 0.2) is 0 Å². The van der Waals surface area contributed by atoms with Crippen molar-refractivity contribution in [2.75, 3.05) is 18.0 Å². The molecule has 0 bridgehead atoms. The normalized spacial score (nSPS) is 10.9. The largest absolute Gasteiger partial charge is 0.372 e. The number of benzene rings is 2. The van der Waals surface area contributed by atoms with Gasteiger partial charge in [-0.3, -0.25) is 4.99 Å². The van der Waals surface area contributed by atoms with Crippen LogP contribution in [0.1, 0.15) is 25.0 Å². The Morgan fingerprint density at radius 1 is 0.950 bits per heavy atom. The molecule has 0 aliphatic carbocycles. The first-order chi connectivity index (χ1) is 9.74. The molecular formula is C18H22N2. The van der Waals surface area contributed by atoms with Gasteiger partial charge in [-0.15, -0.1) is 0 Å². The average Bonchev–Trinajstić information content (AvgIpc) is 2.49. The third kappa shape index (κ3) is 3.47. The predicted molar refractivity (Wildman–Crippen MR) is 88.4 cm³/mol. The van der Waals surface area contributed by atoms with Crippen molar-refractivity contribution < 1.29 is 0 Å². The number of anilines is 1. The van der Waals surface area contributed by atoms with Gasteiger partial charge in [0, 0.05) is 25.0 Å². The van der Waals surface area contributed by atoms with Crippen LogP contribution in [0.25, 0.3) is 0 Å². The molecule has 0 atom stereocenters. The lowest BCUT2D eigenvalue weighted by molar-refractivity contribution is 0.866. The fourth-order valence-electron chi connectivity index (χ4n) is 2.21. The number of hydrogen-bond acceptors (Lipinski definition) is 2. The first kappa shape index (κ1) is 14.3. The van der Waals surface area contributed by atoms with Gasteiger partial charge >= 0.3 is 0 Å². The summed E-state index contributed by atoms with van der Waals surface area (Å²) in [5.41, 5.74) is 4.62. The van der Waals surface area contributed by atoms with Crippen molar-refractivity contribution in [2.45, 2.75) is 20.8 Å². The second-order valence-corrected chi connectivity index (χ2v) is 4.81. The van der Waals surface area contributed by atoms with E-state index in [1.807, 2.05) is 24.4 Å². The summed E-state index contributed by atoms with van der Waals surface area (Å²) in [6, 6.07) is 16.7. The molecule has 0 N–H and O–H groups in total. The maximum atomic E-state index is 4.55. The third-order valence-electron chi connectivity index (χ3n) is 3.49. The van der Waals surface area contributed by atoms with Crippen LogP contribution >= 0.6 is 0 Å². The van der Waals surface area contributed by atoms with Crippen molar-refractivity contribution in [1.82, 2.24) is 0 Å². The molecule has 0 unspecified atom stereocenters. The van der Waals surface area contributed by atoms with Crippen LogP contribution in [0, 0.1) is 6.92 Å². The molecule has 2 aromatic rings. The summed E-state index contributed by atoms with van der Waals surface area (Å²) in [6.07, 6.45) is 1.92. The lowest BCUT2D eigenvalue weighted by atomic mass is 10.2. The summed E-state index contributed by atoms with van der Waals surface area (Å²) in [5, 5.41) is 0. The van der Waals surface area contributed by atoms with Gasteiger partial charge in [0.2, 0.25) is 0 Å². The molecule has 0 fully saturated rings. The Morgan fingerprint density at radius 2 is 1.60 bits per heavy atom. The van der Waals surface area contributed by atoms with Gasteiger partial charge in [-0.2, -0.15) is 0 Å². The van der Waals surface area contributed by atoms with Crippen molar-refractivity contribution in [3.8, 4) is 0 Å². The monoisotopic (exact) mass is 266 g/mol. The van der Waals surface area contributed by atoms with E-state index in [0.29, 0.717) is 0 Å². The van der Waals surface area contributed by atoms with Crippen LogP contribution in [0.2, 0.25) is 0 Å². The number of nitrogens with zero attached hydrogens (tertiary/aromatic N) is 2. The first-order valence-electron chi connectivity index (χ1n) is 7.19. The highest BCUT2D eigenvalue weighted by molar-refractivity contribution is 5.82. The summed E-state index contributed by atoms with van der Waals surface area (Å²) >= 11 is 0. The molecule has 0 heterocycles. The Kier molecular flexibility index (Phi) is 4.94. The Hall–Kier alpha value is -2.09. The van der Waals surface area contributed by atoms with Crippen LogP contribution in [0.5, 0.6) is 0 Å². The predicted octanol–water partition coefficient (Wildman–Crippen LogP) is 4.59. The van der Waals surface area contributed by atoms with Crippen LogP contribution in [-0.2, 0) is 0 Å². The molecule has 0 radical (unpaired) electrons. The topological polar surface area (TPSA) is 15.6 Å². The van der Waals surface area contributed by atoms with E-state index in [9.17, 15) is 0 Å². The molecule has 0 spiro atoms. The van der Waals surface area contributed by atoms with Crippen molar-refractivity contribution >= 4 is 17.6 Å². The Morgan fingerprint density at radius 3 is 2.20 bits per heavy atom. The molecule has 0 aromatic heterocycles. The van der Waals surface area contributed by atoms with E-state index in [2.05, 4.69) is 61.0 Å². The molecule has 0 aliphatic rings. The lowest BCUT2D eigenvalue weighted by Crippen LogP contribution is -2.21. The molecule has 0 amide bonds. The molecule has 20 heavy (non-hydrogen) atoms. The summed E-state index contributed by atoms with van der Waals surface area (Å²) in [6.45, 7) is 8.50. The number of rotatable bonds is 5. The zero-order valence-electron chi connectivity index (χ0n) is 12.5. The van der Waals surface area contributed by atoms with E-state index in [-0.39, 0.29) is 0 Å². The zero-order chi connectivity index (χ0) is 14.4. The van der Waals surface area contributed by atoms with Crippen molar-refractivity contribution in [1.29, 1.82) is 0 Å². The lowest BCUT2D eigenvalue weighted by Gasteiger charge is -2.20. The van der Waals surface area contributed by atoms with Crippen LogP contribution < -0.4 is 4.90 Å². The molecule has 2 heteroatoms. The minimum atomic E-state index is 1.03. The molecule has 0 aliphatic heterocycles. The smallest absolute Gasteiger partial charge is 0.0659 e. The highest BCUT2D eigenvalue weighted by Crippen LogP contribution is 2.18. The van der Waals surface area contributed by atoms with Gasteiger partial charge in [-0.1, -0.05) is 30.3 Å². The molecule has 2 rings (SSSR count). The summed E-state index contributed by atoms with van der Waals surface area (Å²) in [5.74, 6) is 0. The standard InChI is InChI=1S/C18H22N2/c1-4-20(5-2)17-12-10-16(11-13-17)14-19-18-9-7-6-8-15(18)3/h6-14H,4-5H2,1-3H3. The van der Waals surface area contributed by atoms with Gasteiger partial charge in [0.1, 0.15) is 0 Å². The second-order valence-electron chi connectivity index (χ2n) is 4.81. The summed E-state index contributed by atoms with van der Waals surface area (Å²) in [7, 11) is 0. The second kappa shape index (κ2) is 6.90. The van der Waals surface area contributed by atoms with Crippen molar-refractivity contribution in [3.63, 3.8) is 0 Å². The number of aryl methyl sites for hydroxylation is 1. The zero-order valence-corrected chi connectivity index (χ0v) is 12.5. The van der Waals surface area contributed by atoms with E-state index in [1.54, 1.807) is 0 Å². The van der Waals surface area contributed by atoms with Crippen LogP contribution in [-0.4, -0.2) is 19.3 Å². The minimum absolute atomic E-state index is 1.03. The van der Waals surface area contributed by atoms with E-state index >= 15 is 0 Å². The number of para-hydroxylation sites is 1. The van der Waals surface area contributed by atoms with E-state index in [0.717, 1.165) is 24.3 Å². The van der Waals surface area contributed by atoms with Crippen molar-refractivity contribution in [3.05, 3.63) is 59.7 Å². The highest BCUT2D eigenvalue weighted by Gasteiger charge is 2.00. The number of hydrogen-bond donors (Lipinski definition) is 0. The molecule has 0 saturated heterocycles. The Labute approximate surface area is 121 Å². The minimum Gasteiger partial charge on any atom is -0.372 e. The SMILES string of the molecule is CCN(CC)c1ccc(C=Nc2ccccc2C)cc1. The van der Waals surface area contributed by atoms with Gasteiger partial charge in [0.25, 0.3) is 0 Å². The van der Waals surface area contributed by atoms with Crippen molar-refractivity contribution in [2.24, 2.45) is 4.99 Å². The molecule has 0 saturated carbocycles. The number of aliphatic imine (C=N–C) groups is 1. The highest BCUT2D eigenvalue weighted by atomic mass is 15.1. The van der Waals surface area contributed by atoms with Gasteiger partial charge in [0.05, 0.1) is 5.69 Å². The summed E-state index contributed by atoms with van der Waals surface area (Å²) in [4.78, 5) is 6.89. The third-order valence-corrected chi connectivity index (χ3v) is 3.49. The Balaban J connectivity index is 2.13. The van der Waals surface area contributed by atoms with Crippen LogP contribution in [0.3, 0.4) is 0 Å². The van der Waals surface area contributed by atoms with E-state index in [4.69, 9.17) is 0 Å². The quantitative estimate of drug-likeness (QED) is 0.723. The fraction of sp³-hybridized carbons (Fsp3) is 0.278. The van der Waals surface area contributed by atoms with Crippen LogP contribution in [0.4, 0.5) is 11.4 Å². The van der Waals surface area contributed by atoms with E-state index < -0.39 is 0 Å². The summed E-state index contributed by atoms with van der Waals surface area (Å²) < 4.78 is 0. The van der Waals surface area contributed by atoms with E-state index in [1.165, 1.54) is 11.3 Å². The maximum Gasteiger partial charge on any atom is 0.0659 e. The fourth-order valence-corrected chi connectivity index (χ4v) is 2.21. The van der Waals surface area contributed by atoms with Gasteiger partial charge in [-0.05, 0) is 50.1 Å². The average molecular weight is 266 g/mol. The van der Waals surface area contributed by atoms with Crippen LogP contribution in [0.15, 0.2) is 53.5 Å². The molecule has 2 nitrogen and oxygen atoms in total.